The summed E-state index contributed by atoms with van der Waals surface area (Å²) in [6, 6.07) is 18.5. The number of carbonyl (C=O) groups is 1. The summed E-state index contributed by atoms with van der Waals surface area (Å²) in [5.41, 5.74) is 5.26. The second-order valence-electron chi connectivity index (χ2n) is 6.19. The minimum absolute atomic E-state index is 0.193. The van der Waals surface area contributed by atoms with Gasteiger partial charge < -0.3 is 0 Å². The van der Waals surface area contributed by atoms with E-state index < -0.39 is 0 Å². The van der Waals surface area contributed by atoms with Gasteiger partial charge >= 0.3 is 0 Å². The van der Waals surface area contributed by atoms with Gasteiger partial charge in [-0.2, -0.15) is 5.10 Å². The second-order valence-corrected chi connectivity index (χ2v) is 6.19. The molecule has 3 heteroatoms. The molecule has 3 aromatic rings. The number of ketones is 1. The Morgan fingerprint density at radius 3 is 2.48 bits per heavy atom. The summed E-state index contributed by atoms with van der Waals surface area (Å²) in [5.74, 6) is 0.426. The van der Waals surface area contributed by atoms with Crippen molar-refractivity contribution in [3.63, 3.8) is 0 Å². The van der Waals surface area contributed by atoms with Crippen molar-refractivity contribution < 1.29 is 4.79 Å². The van der Waals surface area contributed by atoms with Gasteiger partial charge in [-0.1, -0.05) is 48.0 Å². The molecule has 3 nitrogen and oxygen atoms in total. The first-order chi connectivity index (χ1) is 11.2. The van der Waals surface area contributed by atoms with E-state index in [0.717, 1.165) is 23.4 Å². The molecule has 1 heterocycles. The maximum Gasteiger partial charge on any atom is 0.166 e. The zero-order chi connectivity index (χ0) is 15.8. The van der Waals surface area contributed by atoms with Crippen molar-refractivity contribution in [3.05, 3.63) is 83.2 Å². The van der Waals surface area contributed by atoms with Crippen LogP contribution in [0.2, 0.25) is 0 Å². The molecule has 4 rings (SSSR count). The highest BCUT2D eigenvalue weighted by Gasteiger charge is 2.29. The Kier molecular flexibility index (Phi) is 3.34. The average Bonchev–Trinajstić information content (AvgIpc) is 3.01. The van der Waals surface area contributed by atoms with E-state index in [0.29, 0.717) is 6.42 Å². The van der Waals surface area contributed by atoms with Crippen LogP contribution in [-0.4, -0.2) is 15.6 Å². The Hall–Kier alpha value is -2.68. The smallest absolute Gasteiger partial charge is 0.166 e. The molecule has 1 aliphatic rings. The van der Waals surface area contributed by atoms with E-state index in [1.807, 2.05) is 22.9 Å². The Morgan fingerprint density at radius 2 is 1.74 bits per heavy atom. The highest BCUT2D eigenvalue weighted by molar-refractivity contribution is 5.98. The minimum Gasteiger partial charge on any atom is -0.294 e. The van der Waals surface area contributed by atoms with Crippen molar-refractivity contribution in [1.29, 1.82) is 0 Å². The number of rotatable bonds is 2. The van der Waals surface area contributed by atoms with Gasteiger partial charge in [-0.3, -0.25) is 4.79 Å². The lowest BCUT2D eigenvalue weighted by Gasteiger charge is -2.23. The van der Waals surface area contributed by atoms with E-state index in [1.165, 1.54) is 11.1 Å². The molecule has 0 amide bonds. The number of nitrogens with zero attached hydrogens (tertiary/aromatic N) is 2. The number of carbonyl (C=O) groups excluding carboxylic acids is 1. The number of aromatic nitrogens is 2. The van der Waals surface area contributed by atoms with Gasteiger partial charge in [-0.05, 0) is 37.0 Å². The van der Waals surface area contributed by atoms with Gasteiger partial charge in [0.15, 0.2) is 5.78 Å². The molecular formula is C20H18N2O. The van der Waals surface area contributed by atoms with Crippen LogP contribution in [-0.2, 0) is 6.42 Å². The van der Waals surface area contributed by atoms with E-state index in [4.69, 9.17) is 0 Å². The summed E-state index contributed by atoms with van der Waals surface area (Å²) in [5, 5.41) is 4.47. The quantitative estimate of drug-likeness (QED) is 0.714. The molecule has 0 radical (unpaired) electrons. The SMILES string of the molecule is Cc1ccc(-n2ncc3c2C[C@H](c2ccccc2)CC3=O)cc1. The fourth-order valence-corrected chi connectivity index (χ4v) is 3.31. The Morgan fingerprint density at radius 1 is 1.00 bits per heavy atom. The number of fused-ring (bicyclic) bond motifs is 1. The second kappa shape index (κ2) is 5.51. The van der Waals surface area contributed by atoms with E-state index >= 15 is 0 Å². The maximum absolute atomic E-state index is 12.5. The summed E-state index contributed by atoms with van der Waals surface area (Å²) in [6.45, 7) is 2.07. The number of benzene rings is 2. The number of hydrogen-bond donors (Lipinski definition) is 0. The molecule has 23 heavy (non-hydrogen) atoms. The van der Waals surface area contributed by atoms with E-state index in [2.05, 4.69) is 48.4 Å². The first-order valence-electron chi connectivity index (χ1n) is 7.94. The third-order valence-electron chi connectivity index (χ3n) is 4.59. The van der Waals surface area contributed by atoms with E-state index in [9.17, 15) is 4.79 Å². The Labute approximate surface area is 135 Å². The van der Waals surface area contributed by atoms with Crippen LogP contribution in [0.15, 0.2) is 60.8 Å². The molecule has 0 spiro atoms. The summed E-state index contributed by atoms with van der Waals surface area (Å²) < 4.78 is 1.92. The van der Waals surface area contributed by atoms with Crippen LogP contribution in [0.1, 0.15) is 39.5 Å². The van der Waals surface area contributed by atoms with Gasteiger partial charge in [-0.25, -0.2) is 4.68 Å². The summed E-state index contributed by atoms with van der Waals surface area (Å²) in [4.78, 5) is 12.5. The molecule has 0 N–H and O–H groups in total. The van der Waals surface area contributed by atoms with Gasteiger partial charge in [0.2, 0.25) is 0 Å². The van der Waals surface area contributed by atoms with Crippen molar-refractivity contribution in [2.45, 2.75) is 25.7 Å². The lowest BCUT2D eigenvalue weighted by Crippen LogP contribution is -2.20. The molecule has 0 bridgehead atoms. The molecule has 0 saturated heterocycles. The van der Waals surface area contributed by atoms with Crippen molar-refractivity contribution in [3.8, 4) is 5.69 Å². The first kappa shape index (κ1) is 13.9. The van der Waals surface area contributed by atoms with Crippen LogP contribution in [0, 0.1) is 6.92 Å². The standard InChI is InChI=1S/C20H18N2O/c1-14-7-9-17(10-8-14)22-19-11-16(15-5-3-2-4-6-15)12-20(23)18(19)13-21-22/h2-10,13,16H,11-12H2,1H3/t16-/m0/s1. The summed E-state index contributed by atoms with van der Waals surface area (Å²) >= 11 is 0. The molecule has 0 aliphatic heterocycles. The molecule has 0 saturated carbocycles. The van der Waals surface area contributed by atoms with E-state index in [1.54, 1.807) is 6.20 Å². The van der Waals surface area contributed by atoms with Gasteiger partial charge in [-0.15, -0.1) is 0 Å². The van der Waals surface area contributed by atoms with Gasteiger partial charge in [0.1, 0.15) is 0 Å². The maximum atomic E-state index is 12.5. The normalized spacial score (nSPS) is 17.1. The highest BCUT2D eigenvalue weighted by atomic mass is 16.1. The molecule has 1 atom stereocenters. The zero-order valence-electron chi connectivity index (χ0n) is 13.1. The van der Waals surface area contributed by atoms with Crippen LogP contribution < -0.4 is 0 Å². The largest absolute Gasteiger partial charge is 0.294 e. The minimum atomic E-state index is 0.193. The number of hydrogen-bond acceptors (Lipinski definition) is 2. The molecule has 0 fully saturated rings. The molecule has 0 unspecified atom stereocenters. The molecular weight excluding hydrogens is 284 g/mol. The summed E-state index contributed by atoms with van der Waals surface area (Å²) in [7, 11) is 0. The fraction of sp³-hybridized carbons (Fsp3) is 0.200. The highest BCUT2D eigenvalue weighted by Crippen LogP contribution is 2.33. The van der Waals surface area contributed by atoms with Crippen molar-refractivity contribution in [2.24, 2.45) is 0 Å². The third-order valence-corrected chi connectivity index (χ3v) is 4.59. The fourth-order valence-electron chi connectivity index (χ4n) is 3.31. The number of aryl methyl sites for hydroxylation is 1. The van der Waals surface area contributed by atoms with Crippen molar-refractivity contribution in [2.75, 3.05) is 0 Å². The Balaban J connectivity index is 1.75. The molecule has 1 aliphatic carbocycles. The average molecular weight is 302 g/mol. The predicted molar refractivity (Wildman–Crippen MR) is 90.1 cm³/mol. The van der Waals surface area contributed by atoms with Crippen LogP contribution >= 0.6 is 0 Å². The molecule has 2 aromatic carbocycles. The van der Waals surface area contributed by atoms with Crippen LogP contribution in [0.5, 0.6) is 0 Å². The van der Waals surface area contributed by atoms with Crippen LogP contribution in [0.3, 0.4) is 0 Å². The molecule has 1 aromatic heterocycles. The lowest BCUT2D eigenvalue weighted by atomic mass is 9.82. The van der Waals surface area contributed by atoms with Gasteiger partial charge in [0, 0.05) is 6.42 Å². The van der Waals surface area contributed by atoms with Crippen molar-refractivity contribution >= 4 is 5.78 Å². The first-order valence-corrected chi connectivity index (χ1v) is 7.94. The number of Topliss-reactive ketones (excluding diaryl/α,β-unsaturated/α-hetero) is 1. The summed E-state index contributed by atoms with van der Waals surface area (Å²) in [6.07, 6.45) is 3.13. The monoisotopic (exact) mass is 302 g/mol. The Bertz CT molecular complexity index is 847. The van der Waals surface area contributed by atoms with Gasteiger partial charge in [0.25, 0.3) is 0 Å². The lowest BCUT2D eigenvalue weighted by molar-refractivity contribution is 0.0964. The van der Waals surface area contributed by atoms with Crippen LogP contribution in [0.25, 0.3) is 5.69 Å². The predicted octanol–water partition coefficient (Wildman–Crippen LogP) is 4.09. The van der Waals surface area contributed by atoms with Gasteiger partial charge in [0.05, 0.1) is 23.1 Å². The zero-order valence-corrected chi connectivity index (χ0v) is 13.1. The topological polar surface area (TPSA) is 34.9 Å². The van der Waals surface area contributed by atoms with E-state index in [-0.39, 0.29) is 11.7 Å². The molecule has 114 valence electrons. The third kappa shape index (κ3) is 2.48. The van der Waals surface area contributed by atoms with Crippen molar-refractivity contribution in [1.82, 2.24) is 9.78 Å². The van der Waals surface area contributed by atoms with Crippen LogP contribution in [0.4, 0.5) is 0 Å².